The second kappa shape index (κ2) is 8.56. The lowest BCUT2D eigenvalue weighted by Crippen LogP contribution is -2.39. The van der Waals surface area contributed by atoms with Crippen LogP contribution in [0.5, 0.6) is 11.5 Å². The molecule has 4 nitrogen and oxygen atoms in total. The van der Waals surface area contributed by atoms with Crippen LogP contribution in [0, 0.1) is 13.8 Å². The van der Waals surface area contributed by atoms with E-state index in [2.05, 4.69) is 37.4 Å². The number of carbonyl (C=O) groups is 1. The summed E-state index contributed by atoms with van der Waals surface area (Å²) < 4.78 is 11.0. The van der Waals surface area contributed by atoms with Gasteiger partial charge in [0, 0.05) is 0 Å². The number of ether oxygens (including phenoxy) is 2. The first-order chi connectivity index (χ1) is 11.9. The summed E-state index contributed by atoms with van der Waals surface area (Å²) >= 11 is 0. The molecule has 2 rings (SSSR count). The van der Waals surface area contributed by atoms with Crippen LogP contribution in [0.1, 0.15) is 43.0 Å². The molecule has 0 bridgehead atoms. The van der Waals surface area contributed by atoms with Crippen LogP contribution in [0.3, 0.4) is 0 Å². The highest BCUT2D eigenvalue weighted by Crippen LogP contribution is 2.21. The molecule has 0 heterocycles. The first-order valence-electron chi connectivity index (χ1n) is 8.62. The Morgan fingerprint density at radius 3 is 2.28 bits per heavy atom. The maximum atomic E-state index is 12.6. The van der Waals surface area contributed by atoms with E-state index in [0.29, 0.717) is 12.2 Å². The molecule has 0 aliphatic heterocycles. The van der Waals surface area contributed by atoms with Gasteiger partial charge in [-0.25, -0.2) is 0 Å². The van der Waals surface area contributed by atoms with Gasteiger partial charge in [-0.3, -0.25) is 4.79 Å². The monoisotopic (exact) mass is 341 g/mol. The topological polar surface area (TPSA) is 47.6 Å². The van der Waals surface area contributed by atoms with Crippen LogP contribution in [0.4, 0.5) is 0 Å². The molecule has 0 aliphatic carbocycles. The van der Waals surface area contributed by atoms with Crippen LogP contribution in [0.15, 0.2) is 42.5 Å². The van der Waals surface area contributed by atoms with Crippen molar-refractivity contribution in [3.8, 4) is 11.5 Å². The van der Waals surface area contributed by atoms with Crippen LogP contribution < -0.4 is 14.8 Å². The van der Waals surface area contributed by atoms with Crippen LogP contribution >= 0.6 is 0 Å². The summed E-state index contributed by atoms with van der Waals surface area (Å²) in [7, 11) is 1.62. The molecule has 4 heteroatoms. The fourth-order valence-corrected chi connectivity index (χ4v) is 2.84. The van der Waals surface area contributed by atoms with Gasteiger partial charge >= 0.3 is 0 Å². The number of methoxy groups -OCH3 is 1. The summed E-state index contributed by atoms with van der Waals surface area (Å²) in [4.78, 5) is 12.6. The Kier molecular flexibility index (Phi) is 6.45. The van der Waals surface area contributed by atoms with Gasteiger partial charge in [-0.15, -0.1) is 0 Å². The second-order valence-electron chi connectivity index (χ2n) is 6.28. The van der Waals surface area contributed by atoms with Gasteiger partial charge in [-0.2, -0.15) is 0 Å². The Morgan fingerprint density at radius 2 is 1.72 bits per heavy atom. The van der Waals surface area contributed by atoms with Gasteiger partial charge in [0.2, 0.25) is 0 Å². The quantitative estimate of drug-likeness (QED) is 0.814. The molecular weight excluding hydrogens is 314 g/mol. The van der Waals surface area contributed by atoms with Crippen molar-refractivity contribution >= 4 is 5.91 Å². The first-order valence-corrected chi connectivity index (χ1v) is 8.62. The van der Waals surface area contributed by atoms with Crippen molar-refractivity contribution in [2.24, 2.45) is 0 Å². The maximum absolute atomic E-state index is 12.6. The zero-order chi connectivity index (χ0) is 18.4. The SMILES string of the molecule is CC[C@H](Oc1ccc(OC)cc1)C(=O)N[C@@H](C)c1ccc(C)cc1C. The minimum absolute atomic E-state index is 0.0679. The lowest BCUT2D eigenvalue weighted by Gasteiger charge is -2.22. The summed E-state index contributed by atoms with van der Waals surface area (Å²) in [6.07, 6.45) is 0.0684. The van der Waals surface area contributed by atoms with E-state index in [4.69, 9.17) is 9.47 Å². The van der Waals surface area contributed by atoms with Crippen molar-refractivity contribution in [3.63, 3.8) is 0 Å². The molecule has 0 fully saturated rings. The summed E-state index contributed by atoms with van der Waals surface area (Å²) in [5.74, 6) is 1.31. The zero-order valence-electron chi connectivity index (χ0n) is 15.6. The van der Waals surface area contributed by atoms with Crippen LogP contribution in [0.25, 0.3) is 0 Å². The van der Waals surface area contributed by atoms with Crippen LogP contribution in [-0.4, -0.2) is 19.1 Å². The van der Waals surface area contributed by atoms with Crippen LogP contribution in [0.2, 0.25) is 0 Å². The van der Waals surface area contributed by atoms with E-state index in [0.717, 1.165) is 11.3 Å². The Labute approximate surface area is 150 Å². The molecular formula is C21H27NO3. The van der Waals surface area contributed by atoms with E-state index >= 15 is 0 Å². The summed E-state index contributed by atoms with van der Waals surface area (Å²) in [6.45, 7) is 8.07. The third-order valence-electron chi connectivity index (χ3n) is 4.25. The third kappa shape index (κ3) is 4.99. The molecule has 0 unspecified atom stereocenters. The summed E-state index contributed by atoms with van der Waals surface area (Å²) in [5, 5.41) is 3.06. The molecule has 1 N–H and O–H groups in total. The fourth-order valence-electron chi connectivity index (χ4n) is 2.84. The molecule has 25 heavy (non-hydrogen) atoms. The molecule has 0 radical (unpaired) electrons. The van der Waals surface area contributed by atoms with Gasteiger partial charge in [0.15, 0.2) is 6.10 Å². The number of nitrogens with one attached hydrogen (secondary N) is 1. The van der Waals surface area contributed by atoms with E-state index in [1.54, 1.807) is 7.11 Å². The van der Waals surface area contributed by atoms with Crippen molar-refractivity contribution in [1.29, 1.82) is 0 Å². The molecule has 2 aromatic carbocycles. The standard InChI is InChI=1S/C21H27NO3/c1-6-20(25-18-10-8-17(24-5)9-11-18)21(23)22-16(4)19-12-7-14(2)13-15(19)3/h7-13,16,20H,6H2,1-5H3,(H,22,23)/t16-,20-/m0/s1. The van der Waals surface area contributed by atoms with Crippen molar-refractivity contribution in [1.82, 2.24) is 5.32 Å². The van der Waals surface area contributed by atoms with E-state index in [-0.39, 0.29) is 11.9 Å². The molecule has 0 saturated carbocycles. The van der Waals surface area contributed by atoms with Gasteiger partial charge < -0.3 is 14.8 Å². The number of hydrogen-bond acceptors (Lipinski definition) is 3. The number of benzene rings is 2. The van der Waals surface area contributed by atoms with Gasteiger partial charge in [-0.1, -0.05) is 30.7 Å². The van der Waals surface area contributed by atoms with Crippen LogP contribution in [-0.2, 0) is 4.79 Å². The van der Waals surface area contributed by atoms with Crippen molar-refractivity contribution in [3.05, 3.63) is 59.2 Å². The molecule has 2 aromatic rings. The van der Waals surface area contributed by atoms with Crippen molar-refractivity contribution in [2.45, 2.75) is 46.3 Å². The average Bonchev–Trinajstić information content (AvgIpc) is 2.59. The summed E-state index contributed by atoms with van der Waals surface area (Å²) in [6, 6.07) is 13.4. The minimum Gasteiger partial charge on any atom is -0.497 e. The fraction of sp³-hybridized carbons (Fsp3) is 0.381. The van der Waals surface area contributed by atoms with Crippen molar-refractivity contribution in [2.75, 3.05) is 7.11 Å². The molecule has 0 aliphatic rings. The highest BCUT2D eigenvalue weighted by Gasteiger charge is 2.21. The van der Waals surface area contributed by atoms with E-state index in [9.17, 15) is 4.79 Å². The van der Waals surface area contributed by atoms with Gasteiger partial charge in [0.25, 0.3) is 5.91 Å². The van der Waals surface area contributed by atoms with E-state index < -0.39 is 6.10 Å². The predicted octanol–water partition coefficient (Wildman–Crippen LogP) is 4.35. The predicted molar refractivity (Wildman–Crippen MR) is 100 cm³/mol. The highest BCUT2D eigenvalue weighted by molar-refractivity contribution is 5.81. The van der Waals surface area contributed by atoms with E-state index in [1.165, 1.54) is 11.1 Å². The Bertz CT molecular complexity index is 710. The molecule has 0 spiro atoms. The average molecular weight is 341 g/mol. The molecule has 1 amide bonds. The lowest BCUT2D eigenvalue weighted by molar-refractivity contribution is -0.128. The zero-order valence-corrected chi connectivity index (χ0v) is 15.6. The first kappa shape index (κ1) is 18.8. The lowest BCUT2D eigenvalue weighted by atomic mass is 10.00. The Balaban J connectivity index is 2.03. The number of hydrogen-bond donors (Lipinski definition) is 1. The number of aryl methyl sites for hydroxylation is 2. The maximum Gasteiger partial charge on any atom is 0.261 e. The number of rotatable bonds is 7. The number of amides is 1. The molecule has 0 aromatic heterocycles. The smallest absolute Gasteiger partial charge is 0.261 e. The summed E-state index contributed by atoms with van der Waals surface area (Å²) in [5.41, 5.74) is 3.52. The second-order valence-corrected chi connectivity index (χ2v) is 6.28. The van der Waals surface area contributed by atoms with Gasteiger partial charge in [-0.05, 0) is 62.6 Å². The molecule has 134 valence electrons. The van der Waals surface area contributed by atoms with Gasteiger partial charge in [0.1, 0.15) is 11.5 Å². The molecule has 2 atom stereocenters. The Hall–Kier alpha value is -2.49. The molecule has 0 saturated heterocycles. The minimum atomic E-state index is -0.526. The highest BCUT2D eigenvalue weighted by atomic mass is 16.5. The van der Waals surface area contributed by atoms with Crippen molar-refractivity contribution < 1.29 is 14.3 Å². The normalized spacial score (nSPS) is 13.0. The van der Waals surface area contributed by atoms with E-state index in [1.807, 2.05) is 38.1 Å². The third-order valence-corrected chi connectivity index (χ3v) is 4.25. The Morgan fingerprint density at radius 1 is 1.08 bits per heavy atom. The van der Waals surface area contributed by atoms with Gasteiger partial charge in [0.05, 0.1) is 13.2 Å². The number of carbonyl (C=O) groups excluding carboxylic acids is 1. The largest absolute Gasteiger partial charge is 0.497 e.